The highest BCUT2D eigenvalue weighted by Crippen LogP contribution is 2.38. The van der Waals surface area contributed by atoms with Crippen molar-refractivity contribution in [1.29, 1.82) is 0 Å². The van der Waals surface area contributed by atoms with Gasteiger partial charge in [0.1, 0.15) is 17.7 Å². The molecule has 4 rings (SSSR count). The molecule has 144 valence electrons. The Kier molecular flexibility index (Phi) is 4.92. The summed E-state index contributed by atoms with van der Waals surface area (Å²) in [5, 5.41) is 3.35. The van der Waals surface area contributed by atoms with Crippen LogP contribution in [0.5, 0.6) is 5.75 Å². The van der Waals surface area contributed by atoms with Crippen LogP contribution in [0, 0.1) is 5.82 Å². The molecule has 2 aromatic carbocycles. The first-order valence-corrected chi connectivity index (χ1v) is 11.0. The number of rotatable bonds is 4. The van der Waals surface area contributed by atoms with E-state index in [2.05, 4.69) is 10.2 Å². The fourth-order valence-electron chi connectivity index (χ4n) is 3.94. The summed E-state index contributed by atoms with van der Waals surface area (Å²) in [6.45, 7) is 3.70. The lowest BCUT2D eigenvalue weighted by Crippen LogP contribution is -2.50. The van der Waals surface area contributed by atoms with E-state index in [1.165, 1.54) is 12.3 Å². The number of hydrogen-bond acceptors (Lipinski definition) is 5. The normalized spacial score (nSPS) is 23.2. The van der Waals surface area contributed by atoms with Crippen LogP contribution in [0.4, 0.5) is 4.39 Å². The van der Waals surface area contributed by atoms with E-state index in [9.17, 15) is 12.8 Å². The molecule has 1 fully saturated rings. The van der Waals surface area contributed by atoms with E-state index in [0.29, 0.717) is 5.75 Å². The predicted octanol–water partition coefficient (Wildman–Crippen LogP) is 2.18. The molecule has 0 bridgehead atoms. The number of hydrogen-bond donors (Lipinski definition) is 1. The highest BCUT2D eigenvalue weighted by molar-refractivity contribution is 7.90. The molecule has 2 aromatic rings. The molecule has 0 saturated carbocycles. The van der Waals surface area contributed by atoms with Crippen molar-refractivity contribution in [2.45, 2.75) is 23.5 Å². The molecule has 0 aromatic heterocycles. The second kappa shape index (κ2) is 7.22. The van der Waals surface area contributed by atoms with Crippen LogP contribution in [0.2, 0.25) is 0 Å². The molecule has 0 radical (unpaired) electrons. The first-order chi connectivity index (χ1) is 12.9. The number of nitrogens with zero attached hydrogens (tertiary/aromatic N) is 1. The van der Waals surface area contributed by atoms with E-state index in [1.54, 1.807) is 30.3 Å². The smallest absolute Gasteiger partial charge is 0.175 e. The maximum absolute atomic E-state index is 13.9. The Morgan fingerprint density at radius 3 is 2.48 bits per heavy atom. The van der Waals surface area contributed by atoms with Crippen LogP contribution < -0.4 is 10.1 Å². The summed E-state index contributed by atoms with van der Waals surface area (Å²) in [6.07, 6.45) is 1.72. The summed E-state index contributed by atoms with van der Waals surface area (Å²) < 4.78 is 43.5. The molecule has 5 nitrogen and oxygen atoms in total. The first kappa shape index (κ1) is 18.4. The molecule has 0 spiro atoms. The Bertz CT molecular complexity index is 925. The molecule has 1 saturated heterocycles. The highest BCUT2D eigenvalue weighted by Gasteiger charge is 2.38. The van der Waals surface area contributed by atoms with Crippen molar-refractivity contribution >= 4 is 9.84 Å². The molecule has 2 aliphatic rings. The van der Waals surface area contributed by atoms with Crippen molar-refractivity contribution in [3.05, 3.63) is 59.4 Å². The van der Waals surface area contributed by atoms with Gasteiger partial charge in [0.25, 0.3) is 0 Å². The van der Waals surface area contributed by atoms with Gasteiger partial charge in [-0.15, -0.1) is 0 Å². The molecule has 1 N–H and O–H groups in total. The molecular formula is C20H23FN2O3S. The van der Waals surface area contributed by atoms with Crippen LogP contribution >= 0.6 is 0 Å². The van der Waals surface area contributed by atoms with Crippen molar-refractivity contribution in [2.75, 3.05) is 32.4 Å². The topological polar surface area (TPSA) is 58.6 Å². The van der Waals surface area contributed by atoms with E-state index in [-0.39, 0.29) is 22.9 Å². The zero-order valence-electron chi connectivity index (χ0n) is 15.2. The molecule has 1 aliphatic carbocycles. The average molecular weight is 390 g/mol. The predicted molar refractivity (Wildman–Crippen MR) is 101 cm³/mol. The van der Waals surface area contributed by atoms with E-state index in [0.717, 1.165) is 43.7 Å². The Morgan fingerprint density at radius 1 is 1.11 bits per heavy atom. The van der Waals surface area contributed by atoms with Gasteiger partial charge in [0.2, 0.25) is 0 Å². The van der Waals surface area contributed by atoms with Gasteiger partial charge >= 0.3 is 0 Å². The zero-order chi connectivity index (χ0) is 19.0. The third kappa shape index (κ3) is 3.85. The maximum Gasteiger partial charge on any atom is 0.175 e. The van der Waals surface area contributed by atoms with Crippen molar-refractivity contribution in [3.63, 3.8) is 0 Å². The minimum absolute atomic E-state index is 0.137. The monoisotopic (exact) mass is 390 g/mol. The quantitative estimate of drug-likeness (QED) is 0.867. The number of sulfone groups is 1. The van der Waals surface area contributed by atoms with Gasteiger partial charge in [-0.1, -0.05) is 6.07 Å². The lowest BCUT2D eigenvalue weighted by molar-refractivity contribution is 0.0692. The van der Waals surface area contributed by atoms with Gasteiger partial charge in [-0.2, -0.15) is 0 Å². The van der Waals surface area contributed by atoms with Crippen molar-refractivity contribution in [1.82, 2.24) is 10.2 Å². The second-order valence-electron chi connectivity index (χ2n) is 7.18. The lowest BCUT2D eigenvalue weighted by atomic mass is 10.1. The molecular weight excluding hydrogens is 367 g/mol. The van der Waals surface area contributed by atoms with E-state index < -0.39 is 9.84 Å². The average Bonchev–Trinajstić information content (AvgIpc) is 3.00. The van der Waals surface area contributed by atoms with Gasteiger partial charge in [0.05, 0.1) is 10.9 Å². The van der Waals surface area contributed by atoms with Crippen LogP contribution in [0.15, 0.2) is 47.4 Å². The van der Waals surface area contributed by atoms with E-state index >= 15 is 0 Å². The summed E-state index contributed by atoms with van der Waals surface area (Å²) >= 11 is 0. The Morgan fingerprint density at radius 2 is 1.81 bits per heavy atom. The van der Waals surface area contributed by atoms with E-state index in [4.69, 9.17) is 4.74 Å². The van der Waals surface area contributed by atoms with Crippen molar-refractivity contribution in [2.24, 2.45) is 0 Å². The van der Waals surface area contributed by atoms with Crippen molar-refractivity contribution in [3.8, 4) is 5.75 Å². The van der Waals surface area contributed by atoms with Gasteiger partial charge < -0.3 is 10.1 Å². The summed E-state index contributed by atoms with van der Waals surface area (Å²) in [5.41, 5.74) is 1.99. The van der Waals surface area contributed by atoms with Gasteiger partial charge in [-0.05, 0) is 48.4 Å². The fourth-order valence-corrected chi connectivity index (χ4v) is 4.58. The fraction of sp³-hybridized carbons (Fsp3) is 0.400. The molecule has 7 heteroatoms. The number of piperazine rings is 1. The highest BCUT2D eigenvalue weighted by atomic mass is 32.2. The van der Waals surface area contributed by atoms with Crippen LogP contribution in [0.25, 0.3) is 0 Å². The van der Waals surface area contributed by atoms with Gasteiger partial charge in [0.15, 0.2) is 9.84 Å². The summed E-state index contributed by atoms with van der Waals surface area (Å²) in [6, 6.07) is 11.5. The first-order valence-electron chi connectivity index (χ1n) is 9.12. The summed E-state index contributed by atoms with van der Waals surface area (Å²) in [7, 11) is -3.25. The number of fused-ring (bicyclic) bond motifs is 1. The van der Waals surface area contributed by atoms with Crippen LogP contribution in [-0.2, 0) is 16.3 Å². The minimum atomic E-state index is -3.25. The molecule has 1 heterocycles. The van der Waals surface area contributed by atoms with Crippen LogP contribution in [0.3, 0.4) is 0 Å². The van der Waals surface area contributed by atoms with Gasteiger partial charge in [-0.25, -0.2) is 12.8 Å². The minimum Gasteiger partial charge on any atom is -0.484 e. The largest absolute Gasteiger partial charge is 0.484 e. The molecule has 27 heavy (non-hydrogen) atoms. The zero-order valence-corrected chi connectivity index (χ0v) is 16.0. The number of benzene rings is 2. The number of ether oxygens (including phenoxy) is 1. The second-order valence-corrected chi connectivity index (χ2v) is 9.20. The van der Waals surface area contributed by atoms with Gasteiger partial charge in [-0.3, -0.25) is 4.90 Å². The summed E-state index contributed by atoms with van der Waals surface area (Å²) in [4.78, 5) is 2.65. The van der Waals surface area contributed by atoms with Crippen LogP contribution in [-0.4, -0.2) is 51.8 Å². The third-order valence-corrected chi connectivity index (χ3v) is 6.46. The Hall–Kier alpha value is -1.96. The summed E-state index contributed by atoms with van der Waals surface area (Å²) in [5.74, 6) is 0.320. The molecule has 2 atom stereocenters. The third-order valence-electron chi connectivity index (χ3n) is 5.33. The molecule has 0 amide bonds. The van der Waals surface area contributed by atoms with E-state index in [1.807, 2.05) is 6.07 Å². The standard InChI is InChI=1S/C20H23FN2O3S/c1-27(24,25)17-6-4-16(5-7-17)26-20-18-13-15(21)3-2-14(18)12-19(20)23-10-8-22-9-11-23/h2-7,13,19-20,22H,8-12H2,1H3. The SMILES string of the molecule is CS(=O)(=O)c1ccc(OC2c3cc(F)ccc3CC2N2CCNCC2)cc1. The van der Waals surface area contributed by atoms with Crippen molar-refractivity contribution < 1.29 is 17.5 Å². The van der Waals surface area contributed by atoms with Gasteiger partial charge in [0, 0.05) is 38.0 Å². The Balaban J connectivity index is 1.63. The lowest BCUT2D eigenvalue weighted by Gasteiger charge is -2.36. The Labute approximate surface area is 159 Å². The molecule has 1 aliphatic heterocycles. The molecule has 2 unspecified atom stereocenters. The van der Waals surface area contributed by atoms with Crippen LogP contribution in [0.1, 0.15) is 17.2 Å². The number of halogens is 1. The number of nitrogens with one attached hydrogen (secondary N) is 1. The maximum atomic E-state index is 13.9.